The molecule has 1 aromatic rings. The van der Waals surface area contributed by atoms with E-state index in [0.717, 1.165) is 0 Å². The van der Waals surface area contributed by atoms with Crippen molar-refractivity contribution in [3.8, 4) is 0 Å². The van der Waals surface area contributed by atoms with Gasteiger partial charge in [-0.05, 0) is 30.5 Å². The van der Waals surface area contributed by atoms with Crippen LogP contribution in [0.3, 0.4) is 0 Å². The number of aryl methyl sites for hydroxylation is 1. The Morgan fingerprint density at radius 1 is 1.43 bits per heavy atom. The monoisotopic (exact) mass is 213 g/mol. The second-order valence-corrected chi connectivity index (χ2v) is 3.68. The second kappa shape index (κ2) is 4.30. The first-order valence-corrected chi connectivity index (χ1v) is 4.65. The lowest BCUT2D eigenvalue weighted by atomic mass is 9.92. The van der Waals surface area contributed by atoms with Crippen molar-refractivity contribution in [2.24, 2.45) is 5.73 Å². The van der Waals surface area contributed by atoms with E-state index in [1.54, 1.807) is 0 Å². The van der Waals surface area contributed by atoms with Crippen LogP contribution < -0.4 is 5.73 Å². The number of rotatable bonds is 0. The third-order valence-electron chi connectivity index (χ3n) is 2.80. The summed E-state index contributed by atoms with van der Waals surface area (Å²) in [4.78, 5) is 0. The molecule has 1 aliphatic heterocycles. The smallest absolute Gasteiger partial charge is 0.0744 e. The predicted molar refractivity (Wildman–Crippen MR) is 59.6 cm³/mol. The Bertz CT molecular complexity index is 327. The first kappa shape index (κ1) is 11.5. The second-order valence-electron chi connectivity index (χ2n) is 3.68. The Morgan fingerprint density at radius 2 is 2.14 bits per heavy atom. The molecule has 0 radical (unpaired) electrons. The molecule has 2 nitrogen and oxygen atoms in total. The van der Waals surface area contributed by atoms with Crippen LogP contribution in [0.1, 0.15) is 29.7 Å². The molecule has 3 heteroatoms. The average Bonchev–Trinajstić information content (AvgIpc) is 2.12. The molecule has 78 valence electrons. The highest BCUT2D eigenvalue weighted by molar-refractivity contribution is 5.85. The molecule has 0 fully saturated rings. The summed E-state index contributed by atoms with van der Waals surface area (Å²) in [7, 11) is 0. The van der Waals surface area contributed by atoms with Crippen LogP contribution in [0.2, 0.25) is 0 Å². The van der Waals surface area contributed by atoms with Gasteiger partial charge in [0.2, 0.25) is 0 Å². The third kappa shape index (κ3) is 1.78. The molecule has 0 saturated carbocycles. The number of hydrogen-bond donors (Lipinski definition) is 1. The van der Waals surface area contributed by atoms with E-state index in [2.05, 4.69) is 25.1 Å². The van der Waals surface area contributed by atoms with Crippen molar-refractivity contribution in [3.63, 3.8) is 0 Å². The van der Waals surface area contributed by atoms with E-state index in [-0.39, 0.29) is 24.6 Å². The predicted octanol–water partition coefficient (Wildman–Crippen LogP) is 2.34. The largest absolute Gasteiger partial charge is 0.372 e. The van der Waals surface area contributed by atoms with Crippen molar-refractivity contribution in [2.75, 3.05) is 0 Å². The standard InChI is InChI=1S/C11H15NO.ClH/c1-7-4-3-5-9-10(7)6-13-8(2)11(9)12;/h3-5,8,11H,6,12H2,1-2H3;1H/t8-,11+;/m0./s1. The minimum Gasteiger partial charge on any atom is -0.372 e. The van der Waals surface area contributed by atoms with Gasteiger partial charge in [-0.3, -0.25) is 0 Å². The summed E-state index contributed by atoms with van der Waals surface area (Å²) in [5.74, 6) is 0. The SMILES string of the molecule is Cc1cccc2c1CO[C@@H](C)[C@H]2N.Cl. The first-order valence-electron chi connectivity index (χ1n) is 4.65. The molecule has 0 saturated heterocycles. The molecule has 0 aromatic heterocycles. The van der Waals surface area contributed by atoms with Crippen molar-refractivity contribution in [1.29, 1.82) is 0 Å². The van der Waals surface area contributed by atoms with Crippen molar-refractivity contribution in [2.45, 2.75) is 32.6 Å². The highest BCUT2D eigenvalue weighted by Crippen LogP contribution is 2.29. The Balaban J connectivity index is 0.000000980. The molecule has 1 aromatic carbocycles. The average molecular weight is 214 g/mol. The zero-order chi connectivity index (χ0) is 9.42. The minimum absolute atomic E-state index is 0. The Morgan fingerprint density at radius 3 is 2.86 bits per heavy atom. The molecular weight excluding hydrogens is 198 g/mol. The van der Waals surface area contributed by atoms with Gasteiger partial charge in [0.25, 0.3) is 0 Å². The molecule has 1 aliphatic rings. The molecule has 0 spiro atoms. The van der Waals surface area contributed by atoms with Crippen LogP contribution in [0, 0.1) is 6.92 Å². The van der Waals surface area contributed by atoms with Gasteiger partial charge in [0.05, 0.1) is 18.8 Å². The Labute approximate surface area is 90.9 Å². The van der Waals surface area contributed by atoms with Gasteiger partial charge in [0, 0.05) is 0 Å². The van der Waals surface area contributed by atoms with E-state index in [0.29, 0.717) is 6.61 Å². The van der Waals surface area contributed by atoms with Crippen LogP contribution in [0.5, 0.6) is 0 Å². The van der Waals surface area contributed by atoms with E-state index in [1.807, 2.05) is 6.92 Å². The fraction of sp³-hybridized carbons (Fsp3) is 0.455. The molecule has 1 heterocycles. The van der Waals surface area contributed by atoms with Crippen molar-refractivity contribution >= 4 is 12.4 Å². The maximum atomic E-state index is 6.03. The van der Waals surface area contributed by atoms with Gasteiger partial charge in [-0.25, -0.2) is 0 Å². The molecule has 0 unspecified atom stereocenters. The van der Waals surface area contributed by atoms with Gasteiger partial charge in [-0.15, -0.1) is 12.4 Å². The molecule has 2 atom stereocenters. The number of benzene rings is 1. The van der Waals surface area contributed by atoms with Crippen LogP contribution in [-0.4, -0.2) is 6.10 Å². The zero-order valence-corrected chi connectivity index (χ0v) is 9.30. The molecule has 2 N–H and O–H groups in total. The highest BCUT2D eigenvalue weighted by atomic mass is 35.5. The van der Waals surface area contributed by atoms with Crippen molar-refractivity contribution < 1.29 is 4.74 Å². The lowest BCUT2D eigenvalue weighted by molar-refractivity contribution is 0.0210. The van der Waals surface area contributed by atoms with E-state index in [4.69, 9.17) is 10.5 Å². The van der Waals surface area contributed by atoms with Gasteiger partial charge >= 0.3 is 0 Å². The number of ether oxygens (including phenoxy) is 1. The van der Waals surface area contributed by atoms with E-state index in [1.165, 1.54) is 16.7 Å². The Kier molecular flexibility index (Phi) is 3.53. The summed E-state index contributed by atoms with van der Waals surface area (Å²) in [6.07, 6.45) is 0.134. The lowest BCUT2D eigenvalue weighted by Crippen LogP contribution is -2.31. The number of nitrogens with two attached hydrogens (primary N) is 1. The van der Waals surface area contributed by atoms with Gasteiger partial charge < -0.3 is 10.5 Å². The van der Waals surface area contributed by atoms with Gasteiger partial charge in [0.1, 0.15) is 0 Å². The summed E-state index contributed by atoms with van der Waals surface area (Å²) in [6.45, 7) is 4.83. The maximum Gasteiger partial charge on any atom is 0.0744 e. The Hall–Kier alpha value is -0.570. The molecule has 0 bridgehead atoms. The molecular formula is C11H16ClNO. The fourth-order valence-corrected chi connectivity index (χ4v) is 1.81. The first-order chi connectivity index (χ1) is 6.20. The number of fused-ring (bicyclic) bond motifs is 1. The van der Waals surface area contributed by atoms with Crippen LogP contribution in [-0.2, 0) is 11.3 Å². The quantitative estimate of drug-likeness (QED) is 0.718. The van der Waals surface area contributed by atoms with Gasteiger partial charge in [-0.2, -0.15) is 0 Å². The lowest BCUT2D eigenvalue weighted by Gasteiger charge is -2.29. The molecule has 14 heavy (non-hydrogen) atoms. The van der Waals surface area contributed by atoms with E-state index < -0.39 is 0 Å². The summed E-state index contributed by atoms with van der Waals surface area (Å²) in [5, 5.41) is 0. The molecule has 0 aliphatic carbocycles. The maximum absolute atomic E-state index is 6.03. The highest BCUT2D eigenvalue weighted by Gasteiger charge is 2.24. The number of hydrogen-bond acceptors (Lipinski definition) is 2. The fourth-order valence-electron chi connectivity index (χ4n) is 1.81. The van der Waals surface area contributed by atoms with E-state index >= 15 is 0 Å². The number of halogens is 1. The summed E-state index contributed by atoms with van der Waals surface area (Å²) < 4.78 is 5.57. The molecule has 0 amide bonds. The van der Waals surface area contributed by atoms with Crippen molar-refractivity contribution in [3.05, 3.63) is 34.9 Å². The third-order valence-corrected chi connectivity index (χ3v) is 2.80. The van der Waals surface area contributed by atoms with Crippen LogP contribution in [0.25, 0.3) is 0 Å². The zero-order valence-electron chi connectivity index (χ0n) is 8.49. The van der Waals surface area contributed by atoms with Gasteiger partial charge in [0.15, 0.2) is 0 Å². The van der Waals surface area contributed by atoms with Crippen LogP contribution in [0.4, 0.5) is 0 Å². The van der Waals surface area contributed by atoms with Crippen molar-refractivity contribution in [1.82, 2.24) is 0 Å². The van der Waals surface area contributed by atoms with Crippen LogP contribution in [0.15, 0.2) is 18.2 Å². The molecule has 2 rings (SSSR count). The normalized spacial score (nSPS) is 25.1. The summed E-state index contributed by atoms with van der Waals surface area (Å²) in [5.41, 5.74) is 9.83. The van der Waals surface area contributed by atoms with Crippen LogP contribution >= 0.6 is 12.4 Å². The van der Waals surface area contributed by atoms with E-state index in [9.17, 15) is 0 Å². The summed E-state index contributed by atoms with van der Waals surface area (Å²) in [6, 6.07) is 6.30. The summed E-state index contributed by atoms with van der Waals surface area (Å²) >= 11 is 0. The topological polar surface area (TPSA) is 35.2 Å². The minimum atomic E-state index is 0. The van der Waals surface area contributed by atoms with Gasteiger partial charge in [-0.1, -0.05) is 18.2 Å².